The van der Waals surface area contributed by atoms with Crippen molar-refractivity contribution in [3.8, 4) is 5.75 Å². The van der Waals surface area contributed by atoms with Gasteiger partial charge in [0.05, 0.1) is 10.0 Å². The first-order valence-corrected chi connectivity index (χ1v) is 7.78. The molecule has 1 rings (SSSR count). The van der Waals surface area contributed by atoms with E-state index in [1.165, 1.54) is 6.07 Å². The summed E-state index contributed by atoms with van der Waals surface area (Å²) < 4.78 is 0. The van der Waals surface area contributed by atoms with E-state index in [2.05, 4.69) is 27.7 Å². The Balaban J connectivity index is 2.96. The molecule has 0 bridgehead atoms. The van der Waals surface area contributed by atoms with E-state index in [0.717, 1.165) is 10.6 Å². The molecule has 0 aliphatic carbocycles. The first-order chi connectivity index (χ1) is 8.16. The molecule has 0 aliphatic heterocycles. The molecule has 0 aliphatic rings. The Morgan fingerprint density at radius 1 is 1.22 bits per heavy atom. The molecule has 0 atom stereocenters. The van der Waals surface area contributed by atoms with Crippen molar-refractivity contribution in [2.45, 2.75) is 32.6 Å². The van der Waals surface area contributed by atoms with Gasteiger partial charge in [0.2, 0.25) is 0 Å². The number of aromatic hydroxyl groups is 1. The van der Waals surface area contributed by atoms with E-state index in [0.29, 0.717) is 16.0 Å². The molecule has 0 saturated carbocycles. The van der Waals surface area contributed by atoms with Gasteiger partial charge in [-0.25, -0.2) is 0 Å². The van der Waals surface area contributed by atoms with Crippen molar-refractivity contribution in [1.29, 1.82) is 0 Å². The summed E-state index contributed by atoms with van der Waals surface area (Å²) in [5, 5.41) is 10.4. The molecule has 0 radical (unpaired) electrons. The Hall–Kier alpha value is 0.240. The molecule has 0 unspecified atom stereocenters. The Kier molecular flexibility index (Phi) is 5.55. The number of hydrogen-bond acceptors (Lipinski definition) is 2. The van der Waals surface area contributed by atoms with Gasteiger partial charge in [0.15, 0.2) is 0 Å². The molecule has 5 heteroatoms. The van der Waals surface area contributed by atoms with Gasteiger partial charge >= 0.3 is 0 Å². The highest BCUT2D eigenvalue weighted by atomic mass is 35.5. The van der Waals surface area contributed by atoms with Crippen LogP contribution in [-0.2, 0) is 0 Å². The summed E-state index contributed by atoms with van der Waals surface area (Å²) in [6.07, 6.45) is 0. The average molecular weight is 328 g/mol. The third-order valence-electron chi connectivity index (χ3n) is 3.25. The normalized spacial score (nSPS) is 12.2. The summed E-state index contributed by atoms with van der Waals surface area (Å²) in [6, 6.07) is 1.43. The van der Waals surface area contributed by atoms with Crippen LogP contribution in [0.3, 0.4) is 0 Å². The summed E-state index contributed by atoms with van der Waals surface area (Å²) in [7, 11) is 0. The van der Waals surface area contributed by atoms with Crippen LogP contribution in [0.1, 0.15) is 27.7 Å². The lowest BCUT2D eigenvalue weighted by Gasteiger charge is -2.29. The first-order valence-electron chi connectivity index (χ1n) is 5.66. The fourth-order valence-corrected chi connectivity index (χ4v) is 3.38. The van der Waals surface area contributed by atoms with E-state index in [-0.39, 0.29) is 16.2 Å². The van der Waals surface area contributed by atoms with Crippen LogP contribution >= 0.6 is 46.6 Å². The summed E-state index contributed by atoms with van der Waals surface area (Å²) >= 11 is 19.7. The molecule has 1 aromatic rings. The first kappa shape index (κ1) is 16.3. The fraction of sp³-hybridized carbons (Fsp3) is 0.538. The van der Waals surface area contributed by atoms with Crippen molar-refractivity contribution < 1.29 is 5.11 Å². The average Bonchev–Trinajstić information content (AvgIpc) is 2.25. The molecular formula is C13H17Cl3OS. The Bertz CT molecular complexity index is 444. The molecule has 0 aromatic heterocycles. The van der Waals surface area contributed by atoms with Crippen molar-refractivity contribution in [2.24, 2.45) is 11.3 Å². The second-order valence-electron chi connectivity index (χ2n) is 5.27. The molecule has 0 spiro atoms. The lowest BCUT2D eigenvalue weighted by atomic mass is 9.83. The highest BCUT2D eigenvalue weighted by Gasteiger charge is 2.24. The third kappa shape index (κ3) is 3.63. The predicted octanol–water partition coefficient (Wildman–Crippen LogP) is 6.13. The van der Waals surface area contributed by atoms with Crippen molar-refractivity contribution >= 4 is 46.6 Å². The van der Waals surface area contributed by atoms with E-state index in [4.69, 9.17) is 34.8 Å². The third-order valence-corrected chi connectivity index (χ3v) is 6.23. The zero-order valence-electron chi connectivity index (χ0n) is 10.9. The Labute approximate surface area is 128 Å². The van der Waals surface area contributed by atoms with Gasteiger partial charge in [-0.05, 0) is 11.3 Å². The van der Waals surface area contributed by atoms with Gasteiger partial charge in [0.1, 0.15) is 10.8 Å². The number of rotatable bonds is 4. The van der Waals surface area contributed by atoms with E-state index in [1.54, 1.807) is 11.8 Å². The number of halogens is 3. The standard InChI is InChI=1S/C13H17Cl3OS/c1-7(2)13(3,4)6-18-12-8(14)5-9(17)10(15)11(12)16/h5,7,17H,6H2,1-4H3. The molecule has 18 heavy (non-hydrogen) atoms. The van der Waals surface area contributed by atoms with Crippen molar-refractivity contribution in [3.05, 3.63) is 21.1 Å². The zero-order valence-corrected chi connectivity index (χ0v) is 13.9. The minimum absolute atomic E-state index is 0.0841. The molecule has 0 amide bonds. The molecule has 0 fully saturated rings. The monoisotopic (exact) mass is 326 g/mol. The lowest BCUT2D eigenvalue weighted by molar-refractivity contribution is 0.291. The molecule has 0 saturated heterocycles. The van der Waals surface area contributed by atoms with Crippen molar-refractivity contribution in [1.82, 2.24) is 0 Å². The van der Waals surface area contributed by atoms with Crippen LogP contribution in [0.5, 0.6) is 5.75 Å². The van der Waals surface area contributed by atoms with Crippen LogP contribution in [0, 0.1) is 11.3 Å². The second kappa shape index (κ2) is 6.13. The van der Waals surface area contributed by atoms with Gasteiger partial charge in [-0.3, -0.25) is 0 Å². The van der Waals surface area contributed by atoms with Gasteiger partial charge in [0, 0.05) is 16.7 Å². The number of hydrogen-bond donors (Lipinski definition) is 1. The van der Waals surface area contributed by atoms with Gasteiger partial charge < -0.3 is 5.11 Å². The number of thioether (sulfide) groups is 1. The van der Waals surface area contributed by atoms with Crippen LogP contribution < -0.4 is 0 Å². The van der Waals surface area contributed by atoms with E-state index in [1.807, 2.05) is 0 Å². The smallest absolute Gasteiger partial charge is 0.137 e. The number of phenols is 1. The maximum absolute atomic E-state index is 9.51. The van der Waals surface area contributed by atoms with Gasteiger partial charge in [-0.15, -0.1) is 11.8 Å². The van der Waals surface area contributed by atoms with Gasteiger partial charge in [-0.2, -0.15) is 0 Å². The van der Waals surface area contributed by atoms with E-state index < -0.39 is 0 Å². The number of benzene rings is 1. The lowest BCUT2D eigenvalue weighted by Crippen LogP contribution is -2.21. The molecule has 1 N–H and O–H groups in total. The van der Waals surface area contributed by atoms with Crippen LogP contribution in [0.15, 0.2) is 11.0 Å². The SMILES string of the molecule is CC(C)C(C)(C)CSc1c(Cl)cc(O)c(Cl)c1Cl. The maximum atomic E-state index is 9.51. The van der Waals surface area contributed by atoms with Crippen molar-refractivity contribution in [2.75, 3.05) is 5.75 Å². The van der Waals surface area contributed by atoms with E-state index >= 15 is 0 Å². The van der Waals surface area contributed by atoms with Crippen LogP contribution in [0.25, 0.3) is 0 Å². The minimum Gasteiger partial charge on any atom is -0.506 e. The zero-order chi connectivity index (χ0) is 14.1. The minimum atomic E-state index is -0.0841. The Morgan fingerprint density at radius 3 is 2.28 bits per heavy atom. The van der Waals surface area contributed by atoms with Crippen molar-refractivity contribution in [3.63, 3.8) is 0 Å². The highest BCUT2D eigenvalue weighted by Crippen LogP contribution is 2.45. The summed E-state index contributed by atoms with van der Waals surface area (Å²) in [6.45, 7) is 8.78. The molecule has 102 valence electrons. The summed E-state index contributed by atoms with van der Waals surface area (Å²) in [5.74, 6) is 1.35. The molecular weight excluding hydrogens is 311 g/mol. The molecule has 1 nitrogen and oxygen atoms in total. The predicted molar refractivity (Wildman–Crippen MR) is 82.5 cm³/mol. The van der Waals surface area contributed by atoms with E-state index in [9.17, 15) is 5.11 Å². The quantitative estimate of drug-likeness (QED) is 0.530. The molecule has 0 heterocycles. The summed E-state index contributed by atoms with van der Waals surface area (Å²) in [5.41, 5.74) is 0.168. The van der Waals surface area contributed by atoms with Gasteiger partial charge in [-0.1, -0.05) is 62.5 Å². The van der Waals surface area contributed by atoms with Crippen LogP contribution in [0.2, 0.25) is 15.1 Å². The maximum Gasteiger partial charge on any atom is 0.137 e. The largest absolute Gasteiger partial charge is 0.506 e. The van der Waals surface area contributed by atoms with Crippen LogP contribution in [0.4, 0.5) is 0 Å². The number of phenolic OH excluding ortho intramolecular Hbond substituents is 1. The molecule has 1 aromatic carbocycles. The fourth-order valence-electron chi connectivity index (χ4n) is 1.12. The van der Waals surface area contributed by atoms with Crippen LogP contribution in [-0.4, -0.2) is 10.9 Å². The van der Waals surface area contributed by atoms with Gasteiger partial charge in [0.25, 0.3) is 0 Å². The highest BCUT2D eigenvalue weighted by molar-refractivity contribution is 7.99. The summed E-state index contributed by atoms with van der Waals surface area (Å²) in [4.78, 5) is 0.731. The second-order valence-corrected chi connectivity index (χ2v) is 7.42. The topological polar surface area (TPSA) is 20.2 Å². The Morgan fingerprint density at radius 2 is 1.78 bits per heavy atom.